The Kier molecular flexibility index (Phi) is 6.65. The molecule has 1 aromatic heterocycles. The van der Waals surface area contributed by atoms with E-state index >= 15 is 0 Å². The SMILES string of the molecule is CCN(CC(=O)Nc1ccc2c(c1)OCCO2)C(C)C(=O)c1[nH]c(C)c(C(=O)O)c1C. The predicted molar refractivity (Wildman–Crippen MR) is 114 cm³/mol. The number of aryl methyl sites for hydroxylation is 1. The molecule has 1 aliphatic heterocycles. The highest BCUT2D eigenvalue weighted by Gasteiger charge is 2.28. The Balaban J connectivity index is 1.69. The van der Waals surface area contributed by atoms with Gasteiger partial charge in [0.2, 0.25) is 5.91 Å². The minimum Gasteiger partial charge on any atom is -0.486 e. The van der Waals surface area contributed by atoms with Gasteiger partial charge < -0.3 is 24.9 Å². The summed E-state index contributed by atoms with van der Waals surface area (Å²) in [4.78, 5) is 41.7. The lowest BCUT2D eigenvalue weighted by molar-refractivity contribution is -0.117. The minimum atomic E-state index is -1.08. The van der Waals surface area contributed by atoms with E-state index < -0.39 is 12.0 Å². The number of nitrogens with one attached hydrogen (secondary N) is 2. The van der Waals surface area contributed by atoms with Crippen LogP contribution in [0.15, 0.2) is 18.2 Å². The number of hydrogen-bond acceptors (Lipinski definition) is 6. The quantitative estimate of drug-likeness (QED) is 0.552. The van der Waals surface area contributed by atoms with Crippen LogP contribution in [0.3, 0.4) is 0 Å². The van der Waals surface area contributed by atoms with Gasteiger partial charge in [0.25, 0.3) is 0 Å². The maximum atomic E-state index is 13.0. The third kappa shape index (κ3) is 4.72. The summed E-state index contributed by atoms with van der Waals surface area (Å²) in [5, 5.41) is 12.2. The van der Waals surface area contributed by atoms with Crippen molar-refractivity contribution in [3.8, 4) is 11.5 Å². The van der Waals surface area contributed by atoms with E-state index in [0.717, 1.165) is 0 Å². The second kappa shape index (κ2) is 9.22. The maximum absolute atomic E-state index is 13.0. The number of carbonyl (C=O) groups excluding carboxylic acids is 2. The molecule has 1 atom stereocenters. The number of carbonyl (C=O) groups is 3. The fourth-order valence-electron chi connectivity index (χ4n) is 3.72. The van der Waals surface area contributed by atoms with Crippen molar-refractivity contribution in [2.75, 3.05) is 31.6 Å². The number of ether oxygens (including phenoxy) is 2. The van der Waals surface area contributed by atoms with Gasteiger partial charge in [-0.15, -0.1) is 0 Å². The molecule has 0 fully saturated rings. The van der Waals surface area contributed by atoms with Crippen molar-refractivity contribution in [3.63, 3.8) is 0 Å². The van der Waals surface area contributed by atoms with Crippen LogP contribution in [0.5, 0.6) is 11.5 Å². The van der Waals surface area contributed by atoms with E-state index in [1.165, 1.54) is 0 Å². The predicted octanol–water partition coefficient (Wildman–Crippen LogP) is 2.63. The van der Waals surface area contributed by atoms with E-state index in [4.69, 9.17) is 9.47 Å². The smallest absolute Gasteiger partial charge is 0.337 e. The van der Waals surface area contributed by atoms with Crippen molar-refractivity contribution < 1.29 is 29.0 Å². The zero-order valence-corrected chi connectivity index (χ0v) is 18.1. The van der Waals surface area contributed by atoms with E-state index in [1.807, 2.05) is 6.92 Å². The Morgan fingerprint density at radius 2 is 1.87 bits per heavy atom. The number of carboxylic acids is 1. The van der Waals surface area contributed by atoms with E-state index in [1.54, 1.807) is 43.9 Å². The second-order valence-electron chi connectivity index (χ2n) is 7.44. The Morgan fingerprint density at radius 3 is 2.48 bits per heavy atom. The molecular formula is C22H27N3O6. The third-order valence-corrected chi connectivity index (χ3v) is 5.40. The number of likely N-dealkylation sites (N-methyl/N-ethyl adjacent to an activating group) is 1. The molecule has 0 radical (unpaired) electrons. The molecule has 0 spiro atoms. The van der Waals surface area contributed by atoms with E-state index in [2.05, 4.69) is 10.3 Å². The number of amides is 1. The monoisotopic (exact) mass is 429 g/mol. The molecule has 31 heavy (non-hydrogen) atoms. The highest BCUT2D eigenvalue weighted by Crippen LogP contribution is 2.32. The molecule has 2 heterocycles. The summed E-state index contributed by atoms with van der Waals surface area (Å²) in [5.74, 6) is -0.405. The van der Waals surface area contributed by atoms with Gasteiger partial charge in [-0.25, -0.2) is 4.79 Å². The molecule has 9 nitrogen and oxygen atoms in total. The molecule has 0 saturated carbocycles. The normalized spacial score (nSPS) is 13.7. The Labute approximate surface area is 180 Å². The van der Waals surface area contributed by atoms with Crippen molar-refractivity contribution in [1.82, 2.24) is 9.88 Å². The fourth-order valence-corrected chi connectivity index (χ4v) is 3.72. The average molecular weight is 429 g/mol. The van der Waals surface area contributed by atoms with Crippen molar-refractivity contribution >= 4 is 23.3 Å². The lowest BCUT2D eigenvalue weighted by Gasteiger charge is -2.26. The largest absolute Gasteiger partial charge is 0.486 e. The van der Waals surface area contributed by atoms with Crippen LogP contribution in [-0.4, -0.2) is 65.0 Å². The second-order valence-corrected chi connectivity index (χ2v) is 7.44. The Morgan fingerprint density at radius 1 is 1.19 bits per heavy atom. The van der Waals surface area contributed by atoms with Gasteiger partial charge in [-0.2, -0.15) is 0 Å². The molecule has 0 saturated heterocycles. The molecule has 1 amide bonds. The summed E-state index contributed by atoms with van der Waals surface area (Å²) in [5.41, 5.74) is 1.77. The van der Waals surface area contributed by atoms with Crippen LogP contribution >= 0.6 is 0 Å². The zero-order chi connectivity index (χ0) is 22.7. The summed E-state index contributed by atoms with van der Waals surface area (Å²) in [6.07, 6.45) is 0. The van der Waals surface area contributed by atoms with Crippen LogP contribution in [0.25, 0.3) is 0 Å². The van der Waals surface area contributed by atoms with Crippen LogP contribution in [0.4, 0.5) is 5.69 Å². The number of hydrogen-bond donors (Lipinski definition) is 3. The van der Waals surface area contributed by atoms with E-state index in [-0.39, 0.29) is 29.5 Å². The summed E-state index contributed by atoms with van der Waals surface area (Å²) in [6.45, 7) is 8.21. The number of anilines is 1. The van der Waals surface area contributed by atoms with Crippen LogP contribution in [0.1, 0.15) is 46.0 Å². The lowest BCUT2D eigenvalue weighted by atomic mass is 10.0. The number of aromatic nitrogens is 1. The summed E-state index contributed by atoms with van der Waals surface area (Å²) in [6, 6.07) is 4.56. The topological polar surface area (TPSA) is 121 Å². The van der Waals surface area contributed by atoms with Crippen molar-refractivity contribution in [2.24, 2.45) is 0 Å². The third-order valence-electron chi connectivity index (χ3n) is 5.40. The standard InChI is InChI=1S/C22H27N3O6/c1-5-25(14(4)21(27)20-12(2)19(22(28)29)13(3)23-20)11-18(26)24-15-6-7-16-17(10-15)31-9-8-30-16/h6-7,10,14,23H,5,8-9,11H2,1-4H3,(H,24,26)(H,28,29). The highest BCUT2D eigenvalue weighted by molar-refractivity contribution is 6.03. The molecule has 3 rings (SSSR count). The van der Waals surface area contributed by atoms with Crippen LogP contribution in [0, 0.1) is 13.8 Å². The molecule has 2 aromatic rings. The number of H-pyrrole nitrogens is 1. The number of benzene rings is 1. The van der Waals surface area contributed by atoms with Crippen molar-refractivity contribution in [1.29, 1.82) is 0 Å². The molecule has 1 aromatic carbocycles. The van der Waals surface area contributed by atoms with Gasteiger partial charge in [0, 0.05) is 17.4 Å². The van der Waals surface area contributed by atoms with Crippen molar-refractivity contribution in [3.05, 3.63) is 40.7 Å². The van der Waals surface area contributed by atoms with Gasteiger partial charge in [0.15, 0.2) is 17.3 Å². The number of rotatable bonds is 8. The van der Waals surface area contributed by atoms with Gasteiger partial charge in [0.1, 0.15) is 13.2 Å². The van der Waals surface area contributed by atoms with Gasteiger partial charge >= 0.3 is 5.97 Å². The molecule has 0 aliphatic carbocycles. The molecule has 1 aliphatic rings. The molecule has 166 valence electrons. The van der Waals surface area contributed by atoms with E-state index in [9.17, 15) is 19.5 Å². The number of ketones is 1. The number of fused-ring (bicyclic) bond motifs is 1. The first-order valence-electron chi connectivity index (χ1n) is 10.1. The Hall–Kier alpha value is -3.33. The van der Waals surface area contributed by atoms with Gasteiger partial charge in [-0.05, 0) is 45.0 Å². The minimum absolute atomic E-state index is 0.00236. The first-order valence-corrected chi connectivity index (χ1v) is 10.1. The number of Topliss-reactive ketones (excluding diaryl/α,β-unsaturated/α-hetero) is 1. The number of aromatic carboxylic acids is 1. The van der Waals surface area contributed by atoms with Crippen LogP contribution < -0.4 is 14.8 Å². The van der Waals surface area contributed by atoms with Gasteiger partial charge in [-0.3, -0.25) is 14.5 Å². The summed E-state index contributed by atoms with van der Waals surface area (Å²) >= 11 is 0. The van der Waals surface area contributed by atoms with E-state index in [0.29, 0.717) is 48.2 Å². The Bertz CT molecular complexity index is 1010. The maximum Gasteiger partial charge on any atom is 0.337 e. The first-order chi connectivity index (χ1) is 14.7. The molecule has 0 bridgehead atoms. The summed E-state index contributed by atoms with van der Waals surface area (Å²) in [7, 11) is 0. The van der Waals surface area contributed by atoms with Gasteiger partial charge in [0.05, 0.1) is 23.8 Å². The molecular weight excluding hydrogens is 402 g/mol. The number of nitrogens with zero attached hydrogens (tertiary/aromatic N) is 1. The number of carboxylic acid groups (broad SMARTS) is 1. The molecule has 9 heteroatoms. The molecule has 3 N–H and O–H groups in total. The highest BCUT2D eigenvalue weighted by atomic mass is 16.6. The van der Waals surface area contributed by atoms with Crippen molar-refractivity contribution in [2.45, 2.75) is 33.7 Å². The first kappa shape index (κ1) is 22.4. The average Bonchev–Trinajstić information content (AvgIpc) is 3.04. The number of aromatic amines is 1. The van der Waals surface area contributed by atoms with Crippen LogP contribution in [0.2, 0.25) is 0 Å². The molecule has 1 unspecified atom stereocenters. The zero-order valence-electron chi connectivity index (χ0n) is 18.1. The van der Waals surface area contributed by atoms with Crippen LogP contribution in [-0.2, 0) is 4.79 Å². The lowest BCUT2D eigenvalue weighted by Crippen LogP contribution is -2.43. The van der Waals surface area contributed by atoms with Gasteiger partial charge in [-0.1, -0.05) is 6.92 Å². The summed E-state index contributed by atoms with van der Waals surface area (Å²) < 4.78 is 11.0. The fraction of sp³-hybridized carbons (Fsp3) is 0.409.